The second-order valence-corrected chi connectivity index (χ2v) is 5.01. The van der Waals surface area contributed by atoms with Gasteiger partial charge >= 0.3 is 0 Å². The van der Waals surface area contributed by atoms with Crippen LogP contribution < -0.4 is 10.1 Å². The highest BCUT2D eigenvalue weighted by atomic mass is 35.5. The average Bonchev–Trinajstić information content (AvgIpc) is 2.46. The monoisotopic (exact) mass is 306 g/mol. The van der Waals surface area contributed by atoms with Crippen LogP contribution in [0.3, 0.4) is 0 Å². The number of hydrogen-bond acceptors (Lipinski definition) is 4. The molecular weight excluding hydrogens is 292 g/mol. The van der Waals surface area contributed by atoms with E-state index in [2.05, 4.69) is 5.32 Å². The Morgan fingerprint density at radius 2 is 2.05 bits per heavy atom. The lowest BCUT2D eigenvalue weighted by atomic mass is 10.1. The van der Waals surface area contributed by atoms with Gasteiger partial charge in [0.15, 0.2) is 0 Å². The van der Waals surface area contributed by atoms with E-state index in [4.69, 9.17) is 16.3 Å². The first kappa shape index (κ1) is 15.1. The molecule has 0 spiro atoms. The molecule has 0 aliphatic carbocycles. The smallest absolute Gasteiger partial charge is 0.292 e. The summed E-state index contributed by atoms with van der Waals surface area (Å²) in [7, 11) is 1.55. The number of hydrogen-bond donors (Lipinski definition) is 1. The Hall–Kier alpha value is -2.27. The Kier molecular flexibility index (Phi) is 4.65. The quantitative estimate of drug-likeness (QED) is 0.665. The van der Waals surface area contributed by atoms with E-state index in [-0.39, 0.29) is 5.69 Å². The van der Waals surface area contributed by atoms with Crippen LogP contribution in [-0.2, 0) is 6.54 Å². The van der Waals surface area contributed by atoms with Crippen molar-refractivity contribution in [3.8, 4) is 5.75 Å². The molecule has 0 aliphatic rings. The van der Waals surface area contributed by atoms with Gasteiger partial charge in [0.1, 0.15) is 11.4 Å². The van der Waals surface area contributed by atoms with Crippen LogP contribution in [0.25, 0.3) is 0 Å². The first-order valence-corrected chi connectivity index (χ1v) is 6.70. The van der Waals surface area contributed by atoms with Gasteiger partial charge in [0, 0.05) is 12.6 Å². The minimum absolute atomic E-state index is 0.0645. The molecule has 0 aromatic heterocycles. The fourth-order valence-electron chi connectivity index (χ4n) is 1.96. The number of rotatable bonds is 5. The van der Waals surface area contributed by atoms with Gasteiger partial charge in [-0.1, -0.05) is 23.7 Å². The summed E-state index contributed by atoms with van der Waals surface area (Å²) in [6.07, 6.45) is 0. The lowest BCUT2D eigenvalue weighted by Gasteiger charge is -2.09. The van der Waals surface area contributed by atoms with E-state index < -0.39 is 4.92 Å². The topological polar surface area (TPSA) is 64.4 Å². The Morgan fingerprint density at radius 1 is 1.29 bits per heavy atom. The molecule has 0 aliphatic heterocycles. The fourth-order valence-corrected chi connectivity index (χ4v) is 2.24. The van der Waals surface area contributed by atoms with Gasteiger partial charge in [-0.3, -0.25) is 10.1 Å². The minimum atomic E-state index is -0.393. The SMILES string of the molecule is COc1ccc(CNc2ccc(C)cc2[N+](=O)[O-])cc1Cl. The molecule has 0 saturated heterocycles. The van der Waals surface area contributed by atoms with Gasteiger partial charge in [-0.15, -0.1) is 0 Å². The molecule has 0 fully saturated rings. The third-order valence-electron chi connectivity index (χ3n) is 3.05. The zero-order chi connectivity index (χ0) is 15.4. The summed E-state index contributed by atoms with van der Waals surface area (Å²) in [5.41, 5.74) is 2.31. The van der Waals surface area contributed by atoms with Crippen LogP contribution in [-0.4, -0.2) is 12.0 Å². The zero-order valence-electron chi connectivity index (χ0n) is 11.7. The van der Waals surface area contributed by atoms with Crippen molar-refractivity contribution in [3.63, 3.8) is 0 Å². The Morgan fingerprint density at radius 3 is 2.67 bits per heavy atom. The largest absolute Gasteiger partial charge is 0.495 e. The van der Waals surface area contributed by atoms with Crippen molar-refractivity contribution in [2.75, 3.05) is 12.4 Å². The van der Waals surface area contributed by atoms with Gasteiger partial charge < -0.3 is 10.1 Å². The highest BCUT2D eigenvalue weighted by Crippen LogP contribution is 2.28. The zero-order valence-corrected chi connectivity index (χ0v) is 12.5. The van der Waals surface area contributed by atoms with Crippen molar-refractivity contribution in [1.29, 1.82) is 0 Å². The molecule has 0 saturated carbocycles. The van der Waals surface area contributed by atoms with E-state index in [1.165, 1.54) is 0 Å². The molecule has 2 rings (SSSR count). The van der Waals surface area contributed by atoms with Crippen molar-refractivity contribution in [1.82, 2.24) is 0 Å². The molecule has 0 heterocycles. The molecule has 21 heavy (non-hydrogen) atoms. The van der Waals surface area contributed by atoms with Crippen LogP contribution in [0.1, 0.15) is 11.1 Å². The van der Waals surface area contributed by atoms with Gasteiger partial charge in [-0.2, -0.15) is 0 Å². The second-order valence-electron chi connectivity index (χ2n) is 4.60. The molecular formula is C15H15ClN2O3. The molecule has 5 nitrogen and oxygen atoms in total. The standard InChI is InChI=1S/C15H15ClN2O3/c1-10-3-5-13(14(7-10)18(19)20)17-9-11-4-6-15(21-2)12(16)8-11/h3-8,17H,9H2,1-2H3. The number of anilines is 1. The maximum Gasteiger partial charge on any atom is 0.292 e. The van der Waals surface area contributed by atoms with Crippen molar-refractivity contribution in [2.45, 2.75) is 13.5 Å². The maximum absolute atomic E-state index is 11.1. The summed E-state index contributed by atoms with van der Waals surface area (Å²) in [6.45, 7) is 2.26. The molecule has 6 heteroatoms. The molecule has 1 N–H and O–H groups in total. The minimum Gasteiger partial charge on any atom is -0.495 e. The molecule has 2 aromatic rings. The van der Waals surface area contributed by atoms with Gasteiger partial charge in [0.25, 0.3) is 5.69 Å². The fraction of sp³-hybridized carbons (Fsp3) is 0.200. The predicted molar refractivity (Wildman–Crippen MR) is 83.2 cm³/mol. The van der Waals surface area contributed by atoms with Crippen LogP contribution in [0.4, 0.5) is 11.4 Å². The number of benzene rings is 2. The summed E-state index contributed by atoms with van der Waals surface area (Å²) in [5.74, 6) is 0.599. The highest BCUT2D eigenvalue weighted by molar-refractivity contribution is 6.32. The molecule has 0 unspecified atom stereocenters. The Labute approximate surface area is 127 Å². The van der Waals surface area contributed by atoms with E-state index >= 15 is 0 Å². The number of nitrogens with one attached hydrogen (secondary N) is 1. The summed E-state index contributed by atoms with van der Waals surface area (Å²) < 4.78 is 5.08. The number of nitro benzene ring substituents is 1. The van der Waals surface area contributed by atoms with E-state index in [1.54, 1.807) is 31.4 Å². The summed E-state index contributed by atoms with van der Waals surface area (Å²) in [5, 5.41) is 14.6. The highest BCUT2D eigenvalue weighted by Gasteiger charge is 2.13. The molecule has 2 aromatic carbocycles. The number of nitrogens with zero attached hydrogens (tertiary/aromatic N) is 1. The van der Waals surface area contributed by atoms with E-state index in [1.807, 2.05) is 19.1 Å². The number of aryl methyl sites for hydroxylation is 1. The van der Waals surface area contributed by atoms with Crippen LogP contribution >= 0.6 is 11.6 Å². The van der Waals surface area contributed by atoms with E-state index in [0.29, 0.717) is 23.0 Å². The molecule has 110 valence electrons. The first-order valence-electron chi connectivity index (χ1n) is 6.32. The third kappa shape index (κ3) is 3.64. The lowest BCUT2D eigenvalue weighted by Crippen LogP contribution is -2.03. The molecule has 0 amide bonds. The number of nitro groups is 1. The lowest BCUT2D eigenvalue weighted by molar-refractivity contribution is -0.384. The third-order valence-corrected chi connectivity index (χ3v) is 3.34. The van der Waals surface area contributed by atoms with Gasteiger partial charge in [-0.05, 0) is 36.2 Å². The van der Waals surface area contributed by atoms with Gasteiger partial charge in [0.05, 0.1) is 17.1 Å². The second kappa shape index (κ2) is 6.45. The molecule has 0 atom stereocenters. The predicted octanol–water partition coefficient (Wildman–Crippen LogP) is 4.18. The summed E-state index contributed by atoms with van der Waals surface area (Å²) in [4.78, 5) is 10.7. The normalized spacial score (nSPS) is 10.2. The van der Waals surface area contributed by atoms with Crippen LogP contribution in [0.5, 0.6) is 5.75 Å². The Bertz CT molecular complexity index is 674. The number of halogens is 1. The maximum atomic E-state index is 11.1. The van der Waals surface area contributed by atoms with Gasteiger partial charge in [0.2, 0.25) is 0 Å². The summed E-state index contributed by atoms with van der Waals surface area (Å²) >= 11 is 6.05. The van der Waals surface area contributed by atoms with Crippen molar-refractivity contribution in [2.24, 2.45) is 0 Å². The van der Waals surface area contributed by atoms with Crippen molar-refractivity contribution >= 4 is 23.0 Å². The van der Waals surface area contributed by atoms with E-state index in [0.717, 1.165) is 11.1 Å². The van der Waals surface area contributed by atoms with Crippen LogP contribution in [0.2, 0.25) is 5.02 Å². The number of ether oxygens (including phenoxy) is 1. The van der Waals surface area contributed by atoms with Crippen molar-refractivity contribution < 1.29 is 9.66 Å². The number of methoxy groups -OCH3 is 1. The molecule has 0 bridgehead atoms. The van der Waals surface area contributed by atoms with E-state index in [9.17, 15) is 10.1 Å². The first-order chi connectivity index (χ1) is 10.0. The van der Waals surface area contributed by atoms with Gasteiger partial charge in [-0.25, -0.2) is 0 Å². The molecule has 0 radical (unpaired) electrons. The van der Waals surface area contributed by atoms with Crippen LogP contribution in [0, 0.1) is 17.0 Å². The van der Waals surface area contributed by atoms with Crippen molar-refractivity contribution in [3.05, 3.63) is 62.7 Å². The van der Waals surface area contributed by atoms with Crippen LogP contribution in [0.15, 0.2) is 36.4 Å². The summed E-state index contributed by atoms with van der Waals surface area (Å²) in [6, 6.07) is 10.5. The average molecular weight is 307 g/mol. The Balaban J connectivity index is 2.16.